The second-order valence-electron chi connectivity index (χ2n) is 5.65. The number of carbonyl (C=O) groups is 1. The van der Waals surface area contributed by atoms with E-state index in [1.807, 2.05) is 30.3 Å². The highest BCUT2D eigenvalue weighted by Crippen LogP contribution is 2.24. The van der Waals surface area contributed by atoms with Crippen molar-refractivity contribution < 1.29 is 17.9 Å². The molecule has 122 valence electrons. The van der Waals surface area contributed by atoms with Crippen molar-refractivity contribution in [3.8, 4) is 0 Å². The molecule has 1 aliphatic rings. The van der Waals surface area contributed by atoms with E-state index in [9.17, 15) is 13.2 Å². The number of rotatable bonds is 5. The molecular formula is C15H22N2O4S. The number of piperidine rings is 1. The van der Waals surface area contributed by atoms with E-state index >= 15 is 0 Å². The van der Waals surface area contributed by atoms with Crippen LogP contribution in [0.2, 0.25) is 0 Å². The van der Waals surface area contributed by atoms with Crippen molar-refractivity contribution in [1.82, 2.24) is 4.90 Å². The predicted octanol–water partition coefficient (Wildman–Crippen LogP) is 0.901. The van der Waals surface area contributed by atoms with Crippen LogP contribution < -0.4 is 5.14 Å². The van der Waals surface area contributed by atoms with Crippen LogP contribution in [0, 0.1) is 5.92 Å². The molecule has 2 atom stereocenters. The number of ether oxygens (including phenoxy) is 1. The van der Waals surface area contributed by atoms with Gasteiger partial charge in [-0.1, -0.05) is 30.3 Å². The van der Waals surface area contributed by atoms with Crippen molar-refractivity contribution in [3.63, 3.8) is 0 Å². The van der Waals surface area contributed by atoms with Crippen LogP contribution in [0.25, 0.3) is 0 Å². The van der Waals surface area contributed by atoms with Crippen LogP contribution in [-0.4, -0.2) is 45.2 Å². The molecule has 1 amide bonds. The summed E-state index contributed by atoms with van der Waals surface area (Å²) in [6, 6.07) is 9.28. The first-order valence-corrected chi connectivity index (χ1v) is 8.99. The Morgan fingerprint density at radius 2 is 2.09 bits per heavy atom. The predicted molar refractivity (Wildman–Crippen MR) is 83.5 cm³/mol. The van der Waals surface area contributed by atoms with Crippen molar-refractivity contribution in [2.75, 3.05) is 26.0 Å². The maximum Gasteiger partial charge on any atom is 0.256 e. The van der Waals surface area contributed by atoms with Gasteiger partial charge in [-0.05, 0) is 24.3 Å². The van der Waals surface area contributed by atoms with Gasteiger partial charge in [-0.3, -0.25) is 4.79 Å². The Balaban J connectivity index is 2.07. The zero-order valence-electron chi connectivity index (χ0n) is 12.6. The highest BCUT2D eigenvalue weighted by Gasteiger charge is 2.31. The van der Waals surface area contributed by atoms with Gasteiger partial charge < -0.3 is 9.64 Å². The Hall–Kier alpha value is -1.44. The van der Waals surface area contributed by atoms with Crippen molar-refractivity contribution in [1.29, 1.82) is 0 Å². The maximum absolute atomic E-state index is 12.7. The Kier molecular flexibility index (Phi) is 5.55. The molecule has 0 bridgehead atoms. The normalized spacial score (nSPS) is 20.6. The molecule has 1 saturated heterocycles. The third-order valence-corrected chi connectivity index (χ3v) is 4.80. The monoisotopic (exact) mass is 326 g/mol. The molecule has 22 heavy (non-hydrogen) atoms. The van der Waals surface area contributed by atoms with Crippen LogP contribution >= 0.6 is 0 Å². The number of hydrogen-bond acceptors (Lipinski definition) is 4. The van der Waals surface area contributed by atoms with Crippen molar-refractivity contribution in [2.45, 2.75) is 18.9 Å². The molecule has 0 aromatic heterocycles. The van der Waals surface area contributed by atoms with E-state index in [0.29, 0.717) is 13.1 Å². The minimum absolute atomic E-state index is 0.0836. The molecule has 1 aromatic rings. The average molecular weight is 326 g/mol. The van der Waals surface area contributed by atoms with Gasteiger partial charge in [0.15, 0.2) is 6.10 Å². The molecule has 2 rings (SSSR count). The van der Waals surface area contributed by atoms with Crippen LogP contribution in [0.4, 0.5) is 0 Å². The number of carbonyl (C=O) groups excluding carboxylic acids is 1. The van der Waals surface area contributed by atoms with Gasteiger partial charge in [-0.25, -0.2) is 13.6 Å². The molecule has 0 saturated carbocycles. The minimum atomic E-state index is -3.52. The molecule has 1 heterocycles. The fourth-order valence-electron chi connectivity index (χ4n) is 2.90. The summed E-state index contributed by atoms with van der Waals surface area (Å²) in [5.41, 5.74) is 0.795. The Labute approximate surface area is 131 Å². The summed E-state index contributed by atoms with van der Waals surface area (Å²) in [6.07, 6.45) is 0.884. The number of primary sulfonamides is 1. The van der Waals surface area contributed by atoms with Crippen LogP contribution in [0.5, 0.6) is 0 Å². The lowest BCUT2D eigenvalue weighted by Crippen LogP contribution is -2.44. The molecule has 0 spiro atoms. The lowest BCUT2D eigenvalue weighted by atomic mass is 9.98. The Morgan fingerprint density at radius 3 is 2.68 bits per heavy atom. The van der Waals surface area contributed by atoms with E-state index < -0.39 is 16.1 Å². The van der Waals surface area contributed by atoms with Crippen LogP contribution in [0.3, 0.4) is 0 Å². The van der Waals surface area contributed by atoms with Gasteiger partial charge in [-0.2, -0.15) is 0 Å². The summed E-state index contributed by atoms with van der Waals surface area (Å²) in [4.78, 5) is 14.3. The van der Waals surface area contributed by atoms with E-state index in [-0.39, 0.29) is 17.6 Å². The first-order valence-electron chi connectivity index (χ1n) is 7.27. The molecule has 0 aliphatic carbocycles. The van der Waals surface area contributed by atoms with Crippen LogP contribution in [0.1, 0.15) is 24.5 Å². The lowest BCUT2D eigenvalue weighted by molar-refractivity contribution is -0.144. The molecule has 2 N–H and O–H groups in total. The zero-order chi connectivity index (χ0) is 16.2. The number of methoxy groups -OCH3 is 1. The fraction of sp³-hybridized carbons (Fsp3) is 0.533. The first-order chi connectivity index (χ1) is 10.4. The van der Waals surface area contributed by atoms with Gasteiger partial charge in [0, 0.05) is 20.2 Å². The molecule has 1 aliphatic heterocycles. The second kappa shape index (κ2) is 7.21. The molecule has 1 aromatic carbocycles. The van der Waals surface area contributed by atoms with Crippen molar-refractivity contribution in [3.05, 3.63) is 35.9 Å². The number of likely N-dealkylation sites (tertiary alicyclic amines) is 1. The van der Waals surface area contributed by atoms with E-state index in [1.54, 1.807) is 4.90 Å². The summed E-state index contributed by atoms with van der Waals surface area (Å²) >= 11 is 0. The van der Waals surface area contributed by atoms with Crippen LogP contribution in [0.15, 0.2) is 30.3 Å². The van der Waals surface area contributed by atoms with Crippen molar-refractivity contribution in [2.24, 2.45) is 11.1 Å². The Bertz CT molecular complexity index is 603. The van der Waals surface area contributed by atoms with Gasteiger partial charge in [0.2, 0.25) is 10.0 Å². The average Bonchev–Trinajstić information content (AvgIpc) is 2.47. The summed E-state index contributed by atoms with van der Waals surface area (Å²) in [5, 5.41) is 5.11. The van der Waals surface area contributed by atoms with E-state index in [1.165, 1.54) is 7.11 Å². The Morgan fingerprint density at radius 1 is 1.41 bits per heavy atom. The molecule has 0 unspecified atom stereocenters. The zero-order valence-corrected chi connectivity index (χ0v) is 13.5. The highest BCUT2D eigenvalue weighted by atomic mass is 32.2. The van der Waals surface area contributed by atoms with E-state index in [4.69, 9.17) is 9.88 Å². The third kappa shape index (κ3) is 4.53. The number of sulfonamides is 1. The highest BCUT2D eigenvalue weighted by molar-refractivity contribution is 7.89. The smallest absolute Gasteiger partial charge is 0.256 e. The summed E-state index contributed by atoms with van der Waals surface area (Å²) in [6.45, 7) is 1.02. The van der Waals surface area contributed by atoms with Gasteiger partial charge in [0.05, 0.1) is 5.75 Å². The number of nitrogens with zero attached hydrogens (tertiary/aromatic N) is 1. The van der Waals surface area contributed by atoms with Gasteiger partial charge in [0.25, 0.3) is 5.91 Å². The summed E-state index contributed by atoms with van der Waals surface area (Å²) in [7, 11) is -2.02. The molecule has 1 fully saturated rings. The number of amides is 1. The first kappa shape index (κ1) is 16.9. The lowest BCUT2D eigenvalue weighted by Gasteiger charge is -2.34. The number of hydrogen-bond donors (Lipinski definition) is 1. The standard InChI is InChI=1S/C15H22N2O4S/c1-21-14(13-7-3-2-4-8-13)15(18)17-9-5-6-12(10-17)11-22(16,19)20/h2-4,7-8,12,14H,5-6,9-11H2,1H3,(H2,16,19,20)/t12-,14+/m0/s1. The quantitative estimate of drug-likeness (QED) is 0.870. The molecule has 6 nitrogen and oxygen atoms in total. The second-order valence-corrected chi connectivity index (χ2v) is 7.31. The van der Waals surface area contributed by atoms with E-state index in [0.717, 1.165) is 18.4 Å². The number of nitrogens with two attached hydrogens (primary N) is 1. The summed E-state index contributed by atoms with van der Waals surface area (Å²) in [5.74, 6) is -0.325. The maximum atomic E-state index is 12.7. The molecule has 0 radical (unpaired) electrons. The SMILES string of the molecule is CO[C@@H](C(=O)N1CCC[C@H](CS(N)(=O)=O)C1)c1ccccc1. The molecular weight excluding hydrogens is 304 g/mol. The van der Waals surface area contributed by atoms with Crippen molar-refractivity contribution >= 4 is 15.9 Å². The van der Waals surface area contributed by atoms with Crippen LogP contribution in [-0.2, 0) is 19.6 Å². The third-order valence-electron chi connectivity index (χ3n) is 3.86. The molecule has 7 heteroatoms. The van der Waals surface area contributed by atoms with Gasteiger partial charge >= 0.3 is 0 Å². The fourth-order valence-corrected chi connectivity index (χ4v) is 3.83. The largest absolute Gasteiger partial charge is 0.367 e. The summed E-state index contributed by atoms with van der Waals surface area (Å²) < 4.78 is 27.8. The van der Waals surface area contributed by atoms with Gasteiger partial charge in [0.1, 0.15) is 0 Å². The van der Waals surface area contributed by atoms with E-state index in [2.05, 4.69) is 0 Å². The van der Waals surface area contributed by atoms with Gasteiger partial charge in [-0.15, -0.1) is 0 Å². The topological polar surface area (TPSA) is 89.7 Å². The number of benzene rings is 1. The minimum Gasteiger partial charge on any atom is -0.367 e.